The van der Waals surface area contributed by atoms with E-state index in [1.165, 1.54) is 100 Å². The maximum atomic E-state index is 14.4. The third-order valence-corrected chi connectivity index (χ3v) is 14.1. The van der Waals surface area contributed by atoms with E-state index in [1.54, 1.807) is 0 Å². The lowest BCUT2D eigenvalue weighted by Gasteiger charge is -2.21. The SMILES string of the molecule is FC(F)(F)c1cccc(-c2c3c(c(-c4ccccc4)c4ccccc24)-c2ccc4c5ccc6c7c(ccc(c8ccc-3c2c48)c75)-c2c(-c3ccccc3)ccc(-c3ccccc3)c2-6)c1. The Balaban J connectivity index is 1.10. The lowest BCUT2D eigenvalue weighted by Crippen LogP contribution is -2.04. The minimum absolute atomic E-state index is 0.553. The van der Waals surface area contributed by atoms with Crippen LogP contribution in [0.5, 0.6) is 0 Å². The highest BCUT2D eigenvalue weighted by Crippen LogP contribution is 2.62. The third kappa shape index (κ3) is 4.68. The summed E-state index contributed by atoms with van der Waals surface area (Å²) in [6.45, 7) is 0. The molecule has 0 saturated carbocycles. The lowest BCUT2D eigenvalue weighted by atomic mass is 9.82. The van der Waals surface area contributed by atoms with Crippen LogP contribution in [0.3, 0.4) is 0 Å². The quantitative estimate of drug-likeness (QED) is 0.123. The van der Waals surface area contributed by atoms with Crippen molar-refractivity contribution in [2.45, 2.75) is 6.18 Å². The molecule has 2 aliphatic carbocycles. The van der Waals surface area contributed by atoms with Crippen molar-refractivity contribution in [3.05, 3.63) is 206 Å². The minimum Gasteiger partial charge on any atom is -0.166 e. The summed E-state index contributed by atoms with van der Waals surface area (Å²) in [5.74, 6) is 0. The number of hydrogen-bond acceptors (Lipinski definition) is 0. The third-order valence-electron chi connectivity index (χ3n) is 14.1. The summed E-state index contributed by atoms with van der Waals surface area (Å²) in [5, 5.41) is 11.6. The molecule has 298 valence electrons. The molecule has 0 heterocycles. The number of benzene rings is 12. The zero-order valence-electron chi connectivity index (χ0n) is 34.2. The van der Waals surface area contributed by atoms with E-state index in [2.05, 4.69) is 158 Å². The van der Waals surface area contributed by atoms with E-state index in [4.69, 9.17) is 0 Å². The van der Waals surface area contributed by atoms with E-state index in [1.807, 2.05) is 24.3 Å². The fourth-order valence-electron chi connectivity index (χ4n) is 11.6. The Morgan fingerprint density at radius 1 is 0.234 bits per heavy atom. The second kappa shape index (κ2) is 12.8. The van der Waals surface area contributed by atoms with Crippen LogP contribution in [0, 0.1) is 0 Å². The molecule has 64 heavy (non-hydrogen) atoms. The molecule has 0 aliphatic heterocycles. The molecule has 0 radical (unpaired) electrons. The Morgan fingerprint density at radius 3 is 1.03 bits per heavy atom. The van der Waals surface area contributed by atoms with Gasteiger partial charge in [0.05, 0.1) is 5.56 Å². The van der Waals surface area contributed by atoms with Gasteiger partial charge >= 0.3 is 6.18 Å². The van der Waals surface area contributed by atoms with Crippen LogP contribution in [0.1, 0.15) is 5.56 Å². The first-order chi connectivity index (χ1) is 31.4. The van der Waals surface area contributed by atoms with Crippen LogP contribution in [0.4, 0.5) is 13.2 Å². The summed E-state index contributed by atoms with van der Waals surface area (Å²) in [6.07, 6.45) is -4.48. The molecule has 0 atom stereocenters. The monoisotopic (exact) mass is 822 g/mol. The average molecular weight is 823 g/mol. The number of rotatable bonds is 4. The molecule has 3 heteroatoms. The molecule has 0 spiro atoms. The van der Waals surface area contributed by atoms with Crippen molar-refractivity contribution in [3.8, 4) is 89.0 Å². The van der Waals surface area contributed by atoms with E-state index in [0.29, 0.717) is 5.56 Å². The molecule has 0 amide bonds. The molecule has 0 N–H and O–H groups in total. The second-order valence-electron chi connectivity index (χ2n) is 17.3. The van der Waals surface area contributed by atoms with Gasteiger partial charge in [-0.25, -0.2) is 0 Å². The van der Waals surface area contributed by atoms with Crippen LogP contribution in [0.15, 0.2) is 200 Å². The first-order valence-corrected chi connectivity index (χ1v) is 21.8. The highest BCUT2D eigenvalue weighted by molar-refractivity contribution is 6.41. The van der Waals surface area contributed by atoms with Gasteiger partial charge < -0.3 is 0 Å². The zero-order valence-corrected chi connectivity index (χ0v) is 34.2. The molecule has 2 aliphatic rings. The van der Waals surface area contributed by atoms with Crippen LogP contribution in [-0.2, 0) is 6.18 Å². The molecular weight excluding hydrogens is 790 g/mol. The average Bonchev–Trinajstić information content (AvgIpc) is 3.86. The Hall–Kier alpha value is -8.01. The van der Waals surface area contributed by atoms with E-state index in [0.717, 1.165) is 55.1 Å². The van der Waals surface area contributed by atoms with Gasteiger partial charge in [0.25, 0.3) is 0 Å². The highest BCUT2D eigenvalue weighted by atomic mass is 19.4. The van der Waals surface area contributed by atoms with Gasteiger partial charge in [-0.3, -0.25) is 0 Å². The minimum atomic E-state index is -4.48. The van der Waals surface area contributed by atoms with Gasteiger partial charge in [0.15, 0.2) is 0 Å². The summed E-state index contributed by atoms with van der Waals surface area (Å²) < 4.78 is 43.3. The molecule has 0 nitrogen and oxygen atoms in total. The Labute approximate surface area is 366 Å². The molecule has 0 bridgehead atoms. The largest absolute Gasteiger partial charge is 0.416 e. The maximum Gasteiger partial charge on any atom is 0.416 e. The van der Waals surface area contributed by atoms with Crippen molar-refractivity contribution in [1.82, 2.24) is 0 Å². The van der Waals surface area contributed by atoms with Crippen LogP contribution in [-0.4, -0.2) is 0 Å². The Bertz CT molecular complexity index is 3840. The molecule has 0 fully saturated rings. The van der Waals surface area contributed by atoms with Crippen molar-refractivity contribution in [1.29, 1.82) is 0 Å². The van der Waals surface area contributed by atoms with Crippen LogP contribution >= 0.6 is 0 Å². The molecule has 0 unspecified atom stereocenters. The van der Waals surface area contributed by atoms with Gasteiger partial charge in [-0.2, -0.15) is 13.2 Å². The van der Waals surface area contributed by atoms with Gasteiger partial charge in [-0.1, -0.05) is 188 Å². The van der Waals surface area contributed by atoms with Crippen molar-refractivity contribution in [2.75, 3.05) is 0 Å². The zero-order chi connectivity index (χ0) is 42.4. The maximum absolute atomic E-state index is 14.4. The molecule has 12 aromatic carbocycles. The number of alkyl halides is 3. The first kappa shape index (κ1) is 35.6. The highest BCUT2D eigenvalue weighted by Gasteiger charge is 2.35. The topological polar surface area (TPSA) is 0 Å². The van der Waals surface area contributed by atoms with E-state index in [9.17, 15) is 13.2 Å². The van der Waals surface area contributed by atoms with Crippen molar-refractivity contribution < 1.29 is 13.2 Å². The summed E-state index contributed by atoms with van der Waals surface area (Å²) in [4.78, 5) is 0. The summed E-state index contributed by atoms with van der Waals surface area (Å²) in [6, 6.07) is 69.0. The van der Waals surface area contributed by atoms with E-state index in [-0.39, 0.29) is 0 Å². The molecule has 14 rings (SSSR count). The standard InChI is InChI=1S/C61H33F3/c62-61(63,64)38-20-12-19-37(33-38)52-42-22-11-10-21-41(42)51(36-17-8-3-9-18-36)59-49-31-27-45-43-25-29-47-53-39(34-13-4-1-5-14-34)23-24-40(35-15-6-2-7-16-35)54(53)48-30-26-44(55(43)57(47)48)46-28-32-50(60(52)59)58(49)56(45)46/h1-33H. The molecule has 12 aromatic rings. The first-order valence-electron chi connectivity index (χ1n) is 21.8. The van der Waals surface area contributed by atoms with Crippen LogP contribution in [0.2, 0.25) is 0 Å². The summed E-state index contributed by atoms with van der Waals surface area (Å²) in [5.41, 5.74) is 16.9. The summed E-state index contributed by atoms with van der Waals surface area (Å²) in [7, 11) is 0. The van der Waals surface area contributed by atoms with E-state index < -0.39 is 11.7 Å². The normalized spacial score (nSPS) is 12.6. The van der Waals surface area contributed by atoms with Gasteiger partial charge in [0.1, 0.15) is 0 Å². The Morgan fingerprint density at radius 2 is 0.594 bits per heavy atom. The predicted octanol–water partition coefficient (Wildman–Crippen LogP) is 17.9. The van der Waals surface area contributed by atoms with Gasteiger partial charge in [0, 0.05) is 0 Å². The van der Waals surface area contributed by atoms with Gasteiger partial charge in [0.2, 0.25) is 0 Å². The van der Waals surface area contributed by atoms with Crippen LogP contribution in [0.25, 0.3) is 143 Å². The second-order valence-corrected chi connectivity index (χ2v) is 17.3. The van der Waals surface area contributed by atoms with Crippen LogP contribution < -0.4 is 0 Å². The number of hydrogen-bond donors (Lipinski definition) is 0. The smallest absolute Gasteiger partial charge is 0.166 e. The number of halogens is 3. The van der Waals surface area contributed by atoms with Crippen molar-refractivity contribution >= 4 is 53.9 Å². The Kier molecular flexibility index (Phi) is 7.10. The van der Waals surface area contributed by atoms with Crippen molar-refractivity contribution in [3.63, 3.8) is 0 Å². The van der Waals surface area contributed by atoms with E-state index >= 15 is 0 Å². The van der Waals surface area contributed by atoms with Crippen molar-refractivity contribution in [2.24, 2.45) is 0 Å². The predicted molar refractivity (Wildman–Crippen MR) is 261 cm³/mol. The summed E-state index contributed by atoms with van der Waals surface area (Å²) >= 11 is 0. The van der Waals surface area contributed by atoms with Gasteiger partial charge in [-0.15, -0.1) is 0 Å². The van der Waals surface area contributed by atoms with Gasteiger partial charge in [-0.05, 0) is 155 Å². The lowest BCUT2D eigenvalue weighted by molar-refractivity contribution is -0.137. The number of fused-ring (bicyclic) bond motifs is 9. The molecule has 0 aromatic heterocycles. The fourth-order valence-corrected chi connectivity index (χ4v) is 11.6. The molecular formula is C61H33F3. The molecule has 0 saturated heterocycles. The fraction of sp³-hybridized carbons (Fsp3) is 0.0164.